The van der Waals surface area contributed by atoms with Gasteiger partial charge in [-0.05, 0) is 29.0 Å². The maximum absolute atomic E-state index is 5.68. The summed E-state index contributed by atoms with van der Waals surface area (Å²) in [5.74, 6) is 0.580. The lowest BCUT2D eigenvalue weighted by molar-refractivity contribution is 0.860. The molecule has 1 rings (SSSR count). The van der Waals surface area contributed by atoms with E-state index in [-0.39, 0.29) is 0 Å². The molecule has 71 valence electrons. The van der Waals surface area contributed by atoms with Gasteiger partial charge in [0.15, 0.2) is 0 Å². The van der Waals surface area contributed by atoms with Gasteiger partial charge in [-0.2, -0.15) is 0 Å². The third kappa shape index (κ3) is 2.31. The molecule has 1 radical (unpaired) electrons. The molecule has 0 aliphatic heterocycles. The summed E-state index contributed by atoms with van der Waals surface area (Å²) in [6, 6.07) is 6.54. The molecule has 0 unspecified atom stereocenters. The monoisotopic (exact) mass is 176 g/mol. The van der Waals surface area contributed by atoms with Crippen LogP contribution in [0, 0.1) is 6.42 Å². The summed E-state index contributed by atoms with van der Waals surface area (Å²) in [7, 11) is 0. The van der Waals surface area contributed by atoms with E-state index in [9.17, 15) is 0 Å². The van der Waals surface area contributed by atoms with Crippen molar-refractivity contribution in [1.82, 2.24) is 0 Å². The maximum atomic E-state index is 5.68. The highest BCUT2D eigenvalue weighted by atomic mass is 14.5. The van der Waals surface area contributed by atoms with Crippen molar-refractivity contribution in [3.63, 3.8) is 0 Å². The van der Waals surface area contributed by atoms with Gasteiger partial charge in [0.25, 0.3) is 0 Å². The zero-order chi connectivity index (χ0) is 9.84. The van der Waals surface area contributed by atoms with E-state index in [4.69, 9.17) is 5.73 Å². The Bertz CT molecular complexity index is 276. The third-order valence-corrected chi connectivity index (χ3v) is 2.36. The molecule has 0 aromatic heterocycles. The lowest BCUT2D eigenvalue weighted by atomic mass is 9.96. The van der Waals surface area contributed by atoms with E-state index in [1.165, 1.54) is 16.7 Å². The summed E-state index contributed by atoms with van der Waals surface area (Å²) in [4.78, 5) is 0. The predicted octanol–water partition coefficient (Wildman–Crippen LogP) is 2.84. The minimum absolute atomic E-state index is 0.580. The summed E-state index contributed by atoms with van der Waals surface area (Å²) in [5, 5.41) is 0. The van der Waals surface area contributed by atoms with E-state index in [0.717, 1.165) is 0 Å². The molecule has 0 amide bonds. The number of benzene rings is 1. The Labute approximate surface area is 81.0 Å². The Hall–Kier alpha value is -0.820. The van der Waals surface area contributed by atoms with Crippen LogP contribution in [0.15, 0.2) is 18.2 Å². The van der Waals surface area contributed by atoms with Gasteiger partial charge in [0.05, 0.1) is 0 Å². The van der Waals surface area contributed by atoms with Crippen LogP contribution in [0.4, 0.5) is 0 Å². The topological polar surface area (TPSA) is 26.0 Å². The third-order valence-electron chi connectivity index (χ3n) is 2.36. The van der Waals surface area contributed by atoms with Crippen molar-refractivity contribution in [3.05, 3.63) is 41.3 Å². The van der Waals surface area contributed by atoms with Crippen LogP contribution in [0.2, 0.25) is 0 Å². The summed E-state index contributed by atoms with van der Waals surface area (Å²) < 4.78 is 0. The number of hydrogen-bond donors (Lipinski definition) is 1. The Morgan fingerprint density at radius 2 is 2.08 bits per heavy atom. The van der Waals surface area contributed by atoms with Crippen LogP contribution in [-0.2, 0) is 6.54 Å². The quantitative estimate of drug-likeness (QED) is 0.753. The van der Waals surface area contributed by atoms with Crippen LogP contribution in [0.5, 0.6) is 0 Å². The van der Waals surface area contributed by atoms with E-state index in [1.807, 2.05) is 6.92 Å². The molecule has 0 atom stereocenters. The fourth-order valence-electron chi connectivity index (χ4n) is 1.44. The minimum atomic E-state index is 0.580. The molecule has 0 saturated carbocycles. The molecule has 0 fully saturated rings. The summed E-state index contributed by atoms with van der Waals surface area (Å²) in [5.41, 5.74) is 9.54. The molecule has 1 aromatic carbocycles. The first-order chi connectivity index (χ1) is 6.19. The highest BCUT2D eigenvalue weighted by molar-refractivity contribution is 5.37. The molecule has 0 bridgehead atoms. The molecular formula is C12H18N. The zero-order valence-electron chi connectivity index (χ0n) is 8.67. The van der Waals surface area contributed by atoms with E-state index < -0.39 is 0 Å². The van der Waals surface area contributed by atoms with Gasteiger partial charge in [0.1, 0.15) is 0 Å². The van der Waals surface area contributed by atoms with Gasteiger partial charge in [-0.25, -0.2) is 0 Å². The number of nitrogens with two attached hydrogens (primary N) is 1. The predicted molar refractivity (Wildman–Crippen MR) is 57.5 cm³/mol. The van der Waals surface area contributed by atoms with Crippen LogP contribution in [0.3, 0.4) is 0 Å². The lowest BCUT2D eigenvalue weighted by Gasteiger charge is -2.10. The fourth-order valence-corrected chi connectivity index (χ4v) is 1.44. The van der Waals surface area contributed by atoms with Crippen LogP contribution in [0.1, 0.15) is 43.4 Å². The van der Waals surface area contributed by atoms with Crippen molar-refractivity contribution >= 4 is 0 Å². The van der Waals surface area contributed by atoms with Gasteiger partial charge in [0, 0.05) is 6.54 Å². The van der Waals surface area contributed by atoms with Gasteiger partial charge < -0.3 is 5.73 Å². The summed E-state index contributed by atoms with van der Waals surface area (Å²) in [6.07, 6.45) is 2.10. The first-order valence-electron chi connectivity index (χ1n) is 4.81. The van der Waals surface area contributed by atoms with Crippen molar-refractivity contribution in [1.29, 1.82) is 0 Å². The average Bonchev–Trinajstić information content (AvgIpc) is 2.16. The largest absolute Gasteiger partial charge is 0.326 e. The van der Waals surface area contributed by atoms with Crippen molar-refractivity contribution in [2.24, 2.45) is 5.73 Å². The molecule has 0 saturated heterocycles. The molecule has 0 spiro atoms. The van der Waals surface area contributed by atoms with Crippen molar-refractivity contribution in [2.45, 2.75) is 33.2 Å². The van der Waals surface area contributed by atoms with E-state index in [1.54, 1.807) is 0 Å². The maximum Gasteiger partial charge on any atom is 0.0181 e. The Morgan fingerprint density at radius 3 is 2.54 bits per heavy atom. The van der Waals surface area contributed by atoms with Gasteiger partial charge in [-0.1, -0.05) is 39.0 Å². The van der Waals surface area contributed by atoms with E-state index in [0.29, 0.717) is 12.5 Å². The highest BCUT2D eigenvalue weighted by Gasteiger charge is 2.03. The number of rotatable bonds is 3. The summed E-state index contributed by atoms with van der Waals surface area (Å²) in [6.45, 7) is 7.07. The molecular weight excluding hydrogens is 158 g/mol. The molecule has 1 heteroatoms. The van der Waals surface area contributed by atoms with Gasteiger partial charge in [-0.3, -0.25) is 0 Å². The van der Waals surface area contributed by atoms with Crippen molar-refractivity contribution in [2.75, 3.05) is 0 Å². The first kappa shape index (κ1) is 10.3. The number of hydrogen-bond acceptors (Lipinski definition) is 1. The van der Waals surface area contributed by atoms with Gasteiger partial charge in [-0.15, -0.1) is 0 Å². The second-order valence-electron chi connectivity index (χ2n) is 3.61. The van der Waals surface area contributed by atoms with Gasteiger partial charge >= 0.3 is 0 Å². The van der Waals surface area contributed by atoms with Gasteiger partial charge in [0.2, 0.25) is 0 Å². The lowest BCUT2D eigenvalue weighted by Crippen LogP contribution is -2.02. The fraction of sp³-hybridized carbons (Fsp3) is 0.417. The molecule has 1 nitrogen and oxygen atoms in total. The molecule has 0 heterocycles. The Balaban J connectivity index is 3.05. The zero-order valence-corrected chi connectivity index (χ0v) is 8.67. The van der Waals surface area contributed by atoms with Crippen LogP contribution in [0.25, 0.3) is 0 Å². The average molecular weight is 176 g/mol. The normalized spacial score (nSPS) is 10.8. The van der Waals surface area contributed by atoms with Crippen LogP contribution >= 0.6 is 0 Å². The molecule has 0 aliphatic rings. The van der Waals surface area contributed by atoms with E-state index >= 15 is 0 Å². The SMILES string of the molecule is C[CH]c1ccc(C(C)C)cc1CN. The van der Waals surface area contributed by atoms with Crippen LogP contribution in [-0.4, -0.2) is 0 Å². The summed E-state index contributed by atoms with van der Waals surface area (Å²) >= 11 is 0. The molecule has 0 aliphatic carbocycles. The van der Waals surface area contributed by atoms with Crippen molar-refractivity contribution in [3.8, 4) is 0 Å². The first-order valence-corrected chi connectivity index (χ1v) is 4.81. The Morgan fingerprint density at radius 1 is 1.38 bits per heavy atom. The molecule has 1 aromatic rings. The second kappa shape index (κ2) is 4.43. The molecule has 2 N–H and O–H groups in total. The highest BCUT2D eigenvalue weighted by Crippen LogP contribution is 2.19. The van der Waals surface area contributed by atoms with Crippen molar-refractivity contribution < 1.29 is 0 Å². The smallest absolute Gasteiger partial charge is 0.0181 e. The van der Waals surface area contributed by atoms with E-state index in [2.05, 4.69) is 38.5 Å². The second-order valence-corrected chi connectivity index (χ2v) is 3.61. The molecule has 13 heavy (non-hydrogen) atoms. The minimum Gasteiger partial charge on any atom is -0.326 e. The van der Waals surface area contributed by atoms with Crippen LogP contribution < -0.4 is 5.73 Å². The standard InChI is InChI=1S/C12H18N/c1-4-10-5-6-11(9(2)3)7-12(10)8-13/h4-7,9H,8,13H2,1-3H3. The Kier molecular flexibility index (Phi) is 3.49.